The zero-order valence-corrected chi connectivity index (χ0v) is 10.6. The molecule has 1 aliphatic carbocycles. The van der Waals surface area contributed by atoms with E-state index < -0.39 is 0 Å². The van der Waals surface area contributed by atoms with Gasteiger partial charge in [0.1, 0.15) is 11.5 Å². The Labute approximate surface area is 103 Å². The first kappa shape index (κ1) is 12.2. The van der Waals surface area contributed by atoms with Crippen LogP contribution in [0.15, 0.2) is 18.2 Å². The second-order valence-electron chi connectivity index (χ2n) is 4.64. The molecule has 1 aliphatic rings. The summed E-state index contributed by atoms with van der Waals surface area (Å²) in [5, 5.41) is 0. The third kappa shape index (κ3) is 2.39. The minimum absolute atomic E-state index is 0.542. The summed E-state index contributed by atoms with van der Waals surface area (Å²) >= 11 is 0. The Bertz CT molecular complexity index is 378. The number of benzene rings is 1. The summed E-state index contributed by atoms with van der Waals surface area (Å²) in [7, 11) is 3.39. The van der Waals surface area contributed by atoms with Gasteiger partial charge in [-0.25, -0.2) is 0 Å². The summed E-state index contributed by atoms with van der Waals surface area (Å²) in [5.41, 5.74) is 7.12. The van der Waals surface area contributed by atoms with Crippen LogP contribution in [0.4, 0.5) is 0 Å². The van der Waals surface area contributed by atoms with E-state index in [1.807, 2.05) is 12.1 Å². The van der Waals surface area contributed by atoms with E-state index in [1.165, 1.54) is 24.8 Å². The Morgan fingerprint density at radius 2 is 2.06 bits per heavy atom. The Morgan fingerprint density at radius 3 is 2.71 bits per heavy atom. The molecule has 17 heavy (non-hydrogen) atoms. The highest BCUT2D eigenvalue weighted by Crippen LogP contribution is 2.43. The van der Waals surface area contributed by atoms with Crippen molar-refractivity contribution in [1.82, 2.24) is 0 Å². The van der Waals surface area contributed by atoms with Crippen molar-refractivity contribution >= 4 is 0 Å². The summed E-state index contributed by atoms with van der Waals surface area (Å²) in [6, 6.07) is 6.08. The molecule has 2 rings (SSSR count). The van der Waals surface area contributed by atoms with Gasteiger partial charge in [-0.3, -0.25) is 0 Å². The minimum atomic E-state index is 0.542. The maximum Gasteiger partial charge on any atom is 0.126 e. The van der Waals surface area contributed by atoms with Crippen molar-refractivity contribution in [2.24, 2.45) is 11.7 Å². The molecule has 0 aromatic heterocycles. The molecule has 0 spiro atoms. The van der Waals surface area contributed by atoms with Crippen molar-refractivity contribution < 1.29 is 9.47 Å². The van der Waals surface area contributed by atoms with Crippen molar-refractivity contribution in [2.45, 2.75) is 25.2 Å². The maximum atomic E-state index is 5.84. The monoisotopic (exact) mass is 235 g/mol. The first-order chi connectivity index (χ1) is 8.30. The van der Waals surface area contributed by atoms with Gasteiger partial charge in [-0.05, 0) is 42.9 Å². The van der Waals surface area contributed by atoms with Crippen molar-refractivity contribution in [1.29, 1.82) is 0 Å². The van der Waals surface area contributed by atoms with Gasteiger partial charge in [0.2, 0.25) is 0 Å². The molecule has 3 heteroatoms. The molecule has 0 radical (unpaired) electrons. The molecule has 0 aliphatic heterocycles. The third-order valence-electron chi connectivity index (χ3n) is 3.80. The van der Waals surface area contributed by atoms with Crippen molar-refractivity contribution in [2.75, 3.05) is 20.8 Å². The van der Waals surface area contributed by atoms with Gasteiger partial charge < -0.3 is 15.2 Å². The summed E-state index contributed by atoms with van der Waals surface area (Å²) in [6.07, 6.45) is 3.71. The van der Waals surface area contributed by atoms with E-state index in [2.05, 4.69) is 6.07 Å². The average Bonchev–Trinajstić information content (AvgIpc) is 2.85. The summed E-state index contributed by atoms with van der Waals surface area (Å²) < 4.78 is 10.7. The van der Waals surface area contributed by atoms with E-state index >= 15 is 0 Å². The van der Waals surface area contributed by atoms with E-state index in [9.17, 15) is 0 Å². The zero-order valence-electron chi connectivity index (χ0n) is 10.6. The highest BCUT2D eigenvalue weighted by molar-refractivity contribution is 5.43. The van der Waals surface area contributed by atoms with Gasteiger partial charge in [-0.15, -0.1) is 0 Å². The number of rotatable bonds is 4. The molecule has 1 fully saturated rings. The van der Waals surface area contributed by atoms with Gasteiger partial charge >= 0.3 is 0 Å². The van der Waals surface area contributed by atoms with Crippen LogP contribution in [0.1, 0.15) is 30.7 Å². The van der Waals surface area contributed by atoms with Crippen LogP contribution in [0, 0.1) is 5.92 Å². The SMILES string of the molecule is COc1ccc(C2CCCC2CN)c(OC)c1. The van der Waals surface area contributed by atoms with Gasteiger partial charge in [0, 0.05) is 6.07 Å². The van der Waals surface area contributed by atoms with Crippen LogP contribution in [0.3, 0.4) is 0 Å². The Balaban J connectivity index is 2.30. The summed E-state index contributed by atoms with van der Waals surface area (Å²) in [6.45, 7) is 0.764. The number of methoxy groups -OCH3 is 2. The van der Waals surface area contributed by atoms with Gasteiger partial charge in [0.15, 0.2) is 0 Å². The van der Waals surface area contributed by atoms with Crippen molar-refractivity contribution in [3.63, 3.8) is 0 Å². The fourth-order valence-electron chi connectivity index (χ4n) is 2.85. The van der Waals surface area contributed by atoms with Crippen molar-refractivity contribution in [3.05, 3.63) is 23.8 Å². The van der Waals surface area contributed by atoms with Crippen LogP contribution in [0.5, 0.6) is 11.5 Å². The fraction of sp³-hybridized carbons (Fsp3) is 0.571. The summed E-state index contributed by atoms with van der Waals surface area (Å²) in [4.78, 5) is 0. The van der Waals surface area contributed by atoms with Crippen LogP contribution in [0.2, 0.25) is 0 Å². The second-order valence-corrected chi connectivity index (χ2v) is 4.64. The van der Waals surface area contributed by atoms with E-state index in [0.29, 0.717) is 11.8 Å². The number of nitrogens with two attached hydrogens (primary N) is 1. The molecule has 3 nitrogen and oxygen atoms in total. The minimum Gasteiger partial charge on any atom is -0.497 e. The zero-order chi connectivity index (χ0) is 12.3. The van der Waals surface area contributed by atoms with Crippen LogP contribution in [-0.2, 0) is 0 Å². The molecule has 2 unspecified atom stereocenters. The van der Waals surface area contributed by atoms with E-state index in [0.717, 1.165) is 18.0 Å². The molecule has 0 heterocycles. The van der Waals surface area contributed by atoms with Crippen molar-refractivity contribution in [3.8, 4) is 11.5 Å². The quantitative estimate of drug-likeness (QED) is 0.872. The van der Waals surface area contributed by atoms with E-state index in [-0.39, 0.29) is 0 Å². The van der Waals surface area contributed by atoms with Gasteiger partial charge in [-0.1, -0.05) is 12.5 Å². The highest BCUT2D eigenvalue weighted by Gasteiger charge is 2.29. The van der Waals surface area contributed by atoms with Crippen LogP contribution in [-0.4, -0.2) is 20.8 Å². The molecule has 0 saturated heterocycles. The largest absolute Gasteiger partial charge is 0.497 e. The number of ether oxygens (including phenoxy) is 2. The Hall–Kier alpha value is -1.22. The van der Waals surface area contributed by atoms with Gasteiger partial charge in [0.25, 0.3) is 0 Å². The average molecular weight is 235 g/mol. The molecule has 2 N–H and O–H groups in total. The molecule has 1 aromatic rings. The van der Waals surface area contributed by atoms with Crippen LogP contribution < -0.4 is 15.2 Å². The lowest BCUT2D eigenvalue weighted by atomic mass is 9.88. The molecule has 2 atom stereocenters. The number of hydrogen-bond acceptors (Lipinski definition) is 3. The third-order valence-corrected chi connectivity index (χ3v) is 3.80. The predicted molar refractivity (Wildman–Crippen MR) is 68.7 cm³/mol. The lowest BCUT2D eigenvalue weighted by molar-refractivity contribution is 0.382. The Morgan fingerprint density at radius 1 is 1.24 bits per heavy atom. The van der Waals surface area contributed by atoms with E-state index in [4.69, 9.17) is 15.2 Å². The van der Waals surface area contributed by atoms with Crippen LogP contribution in [0.25, 0.3) is 0 Å². The number of hydrogen-bond donors (Lipinski definition) is 1. The molecule has 0 bridgehead atoms. The second kappa shape index (κ2) is 5.41. The first-order valence-electron chi connectivity index (χ1n) is 6.22. The smallest absolute Gasteiger partial charge is 0.126 e. The summed E-state index contributed by atoms with van der Waals surface area (Å²) in [5.74, 6) is 2.90. The molecular formula is C14H21NO2. The topological polar surface area (TPSA) is 44.5 Å². The maximum absolute atomic E-state index is 5.84. The highest BCUT2D eigenvalue weighted by atomic mass is 16.5. The van der Waals surface area contributed by atoms with Crippen LogP contribution >= 0.6 is 0 Å². The molecule has 0 amide bonds. The Kier molecular flexibility index (Phi) is 3.89. The molecule has 1 saturated carbocycles. The molecule has 1 aromatic carbocycles. The van der Waals surface area contributed by atoms with Gasteiger partial charge in [-0.2, -0.15) is 0 Å². The molecular weight excluding hydrogens is 214 g/mol. The molecule has 94 valence electrons. The van der Waals surface area contributed by atoms with Gasteiger partial charge in [0.05, 0.1) is 14.2 Å². The normalized spacial score (nSPS) is 23.7. The lowest BCUT2D eigenvalue weighted by Gasteiger charge is -2.21. The fourth-order valence-corrected chi connectivity index (χ4v) is 2.85. The predicted octanol–water partition coefficient (Wildman–Crippen LogP) is 2.55. The lowest BCUT2D eigenvalue weighted by Crippen LogP contribution is -2.17. The van der Waals surface area contributed by atoms with E-state index in [1.54, 1.807) is 14.2 Å². The standard InChI is InChI=1S/C14H21NO2/c1-16-11-6-7-13(14(8-11)17-2)12-5-3-4-10(12)9-15/h6-8,10,12H,3-5,9,15H2,1-2H3. The first-order valence-corrected chi connectivity index (χ1v) is 6.22.